The van der Waals surface area contributed by atoms with Crippen molar-refractivity contribution in [3.05, 3.63) is 17.5 Å². The molecule has 0 amide bonds. The number of hydrogen-bond donors (Lipinski definition) is 1. The summed E-state index contributed by atoms with van der Waals surface area (Å²) in [5.74, 6) is -0.616. The van der Waals surface area contributed by atoms with Gasteiger partial charge in [0.05, 0.1) is 11.1 Å². The third-order valence-electron chi connectivity index (χ3n) is 4.99. The van der Waals surface area contributed by atoms with E-state index < -0.39 is 11.4 Å². The van der Waals surface area contributed by atoms with Gasteiger partial charge in [0.1, 0.15) is 0 Å². The number of piperidine rings is 1. The van der Waals surface area contributed by atoms with Crippen LogP contribution in [-0.2, 0) is 11.8 Å². The number of likely N-dealkylation sites (tertiary alicyclic amines) is 1. The maximum absolute atomic E-state index is 11.6. The first-order valence-electron chi connectivity index (χ1n) is 7.87. The van der Waals surface area contributed by atoms with E-state index in [2.05, 4.69) is 30.0 Å². The van der Waals surface area contributed by atoms with Crippen LogP contribution >= 0.6 is 0 Å². The number of carboxylic acid groups (broad SMARTS) is 1. The van der Waals surface area contributed by atoms with Gasteiger partial charge in [0.25, 0.3) is 0 Å². The lowest BCUT2D eigenvalue weighted by molar-refractivity contribution is -0.153. The average molecular weight is 293 g/mol. The molecular weight excluding hydrogens is 266 g/mol. The van der Waals surface area contributed by atoms with E-state index in [0.29, 0.717) is 6.04 Å². The van der Waals surface area contributed by atoms with E-state index in [0.717, 1.165) is 44.5 Å². The second-order valence-corrected chi connectivity index (χ2v) is 6.39. The molecule has 1 aliphatic heterocycles. The first-order chi connectivity index (χ1) is 9.89. The SMILES string of the molecule is CCCC1(C(=O)O)CCN(C(C)c2cn(C)nc2C)CC1. The number of aliphatic carboxylic acids is 1. The molecule has 5 nitrogen and oxygen atoms in total. The van der Waals surface area contributed by atoms with Crippen molar-refractivity contribution in [1.29, 1.82) is 0 Å². The Kier molecular flexibility index (Phi) is 4.71. The van der Waals surface area contributed by atoms with Crippen LogP contribution in [0.3, 0.4) is 0 Å². The summed E-state index contributed by atoms with van der Waals surface area (Å²) >= 11 is 0. The molecule has 1 N–H and O–H groups in total. The van der Waals surface area contributed by atoms with Gasteiger partial charge in [0.2, 0.25) is 0 Å². The molecule has 5 heteroatoms. The van der Waals surface area contributed by atoms with Crippen molar-refractivity contribution in [3.8, 4) is 0 Å². The first-order valence-corrected chi connectivity index (χ1v) is 7.87. The standard InChI is InChI=1S/C16H27N3O2/c1-5-6-16(15(20)21)7-9-19(10-8-16)13(3)14-11-18(4)17-12(14)2/h11,13H,5-10H2,1-4H3,(H,20,21). The van der Waals surface area contributed by atoms with E-state index in [1.54, 1.807) is 0 Å². The molecule has 0 aliphatic carbocycles. The van der Waals surface area contributed by atoms with Crippen LogP contribution in [0.15, 0.2) is 6.20 Å². The molecule has 0 saturated carbocycles. The molecule has 1 unspecified atom stereocenters. The molecule has 2 heterocycles. The molecule has 0 aromatic carbocycles. The average Bonchev–Trinajstić information content (AvgIpc) is 2.78. The minimum Gasteiger partial charge on any atom is -0.481 e. The molecule has 1 aromatic rings. The van der Waals surface area contributed by atoms with Gasteiger partial charge in [-0.3, -0.25) is 14.4 Å². The number of rotatable bonds is 5. The second-order valence-electron chi connectivity index (χ2n) is 6.39. The Balaban J connectivity index is 2.06. The van der Waals surface area contributed by atoms with Gasteiger partial charge in [-0.05, 0) is 46.2 Å². The third kappa shape index (κ3) is 3.12. The van der Waals surface area contributed by atoms with Crippen LogP contribution in [0, 0.1) is 12.3 Å². The summed E-state index contributed by atoms with van der Waals surface area (Å²) in [5.41, 5.74) is 1.80. The fourth-order valence-electron chi connectivity index (χ4n) is 3.61. The van der Waals surface area contributed by atoms with Gasteiger partial charge < -0.3 is 5.11 Å². The van der Waals surface area contributed by atoms with Crippen LogP contribution in [0.2, 0.25) is 0 Å². The number of aromatic nitrogens is 2. The summed E-state index contributed by atoms with van der Waals surface area (Å²) in [6.45, 7) is 7.99. The highest BCUT2D eigenvalue weighted by atomic mass is 16.4. The Hall–Kier alpha value is -1.36. The van der Waals surface area contributed by atoms with E-state index in [1.165, 1.54) is 5.56 Å². The van der Waals surface area contributed by atoms with Gasteiger partial charge in [-0.25, -0.2) is 0 Å². The molecule has 0 radical (unpaired) electrons. The van der Waals surface area contributed by atoms with Gasteiger partial charge in [0.15, 0.2) is 0 Å². The third-order valence-corrected chi connectivity index (χ3v) is 4.99. The maximum atomic E-state index is 11.6. The number of nitrogens with zero attached hydrogens (tertiary/aromatic N) is 3. The van der Waals surface area contributed by atoms with Crippen molar-refractivity contribution in [2.45, 2.75) is 52.5 Å². The zero-order valence-corrected chi connectivity index (χ0v) is 13.6. The minimum absolute atomic E-state index is 0.298. The number of carboxylic acids is 1. The lowest BCUT2D eigenvalue weighted by Crippen LogP contribution is -2.45. The second kappa shape index (κ2) is 6.18. The first kappa shape index (κ1) is 16.0. The molecule has 2 rings (SSSR count). The van der Waals surface area contributed by atoms with Crippen LogP contribution < -0.4 is 0 Å². The Morgan fingerprint density at radius 3 is 2.52 bits per heavy atom. The van der Waals surface area contributed by atoms with E-state index in [1.807, 2.05) is 18.7 Å². The lowest BCUT2D eigenvalue weighted by Gasteiger charge is -2.41. The summed E-state index contributed by atoms with van der Waals surface area (Å²) in [6, 6.07) is 0.298. The highest BCUT2D eigenvalue weighted by molar-refractivity contribution is 5.74. The highest BCUT2D eigenvalue weighted by Gasteiger charge is 2.41. The maximum Gasteiger partial charge on any atom is 0.309 e. The quantitative estimate of drug-likeness (QED) is 0.907. The largest absolute Gasteiger partial charge is 0.481 e. The molecule has 0 bridgehead atoms. The monoisotopic (exact) mass is 293 g/mol. The summed E-state index contributed by atoms with van der Waals surface area (Å²) in [6.07, 6.45) is 5.30. The van der Waals surface area contributed by atoms with Crippen molar-refractivity contribution >= 4 is 5.97 Å². The lowest BCUT2D eigenvalue weighted by atomic mass is 9.74. The molecule has 0 spiro atoms. The Morgan fingerprint density at radius 2 is 2.10 bits per heavy atom. The zero-order valence-electron chi connectivity index (χ0n) is 13.6. The van der Waals surface area contributed by atoms with Crippen LogP contribution in [-0.4, -0.2) is 38.8 Å². The topological polar surface area (TPSA) is 58.4 Å². The summed E-state index contributed by atoms with van der Waals surface area (Å²) in [4.78, 5) is 14.0. The summed E-state index contributed by atoms with van der Waals surface area (Å²) < 4.78 is 1.85. The molecule has 21 heavy (non-hydrogen) atoms. The van der Waals surface area contributed by atoms with Crippen molar-refractivity contribution in [2.24, 2.45) is 12.5 Å². The van der Waals surface area contributed by atoms with Crippen molar-refractivity contribution in [1.82, 2.24) is 14.7 Å². The minimum atomic E-state index is -0.616. The Bertz CT molecular complexity index is 502. The fraction of sp³-hybridized carbons (Fsp3) is 0.750. The summed E-state index contributed by atoms with van der Waals surface area (Å²) in [5, 5.41) is 14.0. The normalized spacial score (nSPS) is 20.4. The molecule has 1 atom stereocenters. The number of carbonyl (C=O) groups is 1. The van der Waals surface area contributed by atoms with Gasteiger partial charge in [0, 0.05) is 24.8 Å². The van der Waals surface area contributed by atoms with Gasteiger partial charge in [-0.15, -0.1) is 0 Å². The van der Waals surface area contributed by atoms with Crippen molar-refractivity contribution in [3.63, 3.8) is 0 Å². The van der Waals surface area contributed by atoms with Crippen LogP contribution in [0.1, 0.15) is 56.8 Å². The number of hydrogen-bond acceptors (Lipinski definition) is 3. The van der Waals surface area contributed by atoms with E-state index in [4.69, 9.17) is 0 Å². The van der Waals surface area contributed by atoms with E-state index in [9.17, 15) is 9.90 Å². The fourth-order valence-corrected chi connectivity index (χ4v) is 3.61. The van der Waals surface area contributed by atoms with E-state index in [-0.39, 0.29) is 0 Å². The van der Waals surface area contributed by atoms with Crippen molar-refractivity contribution in [2.75, 3.05) is 13.1 Å². The van der Waals surface area contributed by atoms with Crippen LogP contribution in [0.5, 0.6) is 0 Å². The smallest absolute Gasteiger partial charge is 0.309 e. The predicted octanol–water partition coefficient (Wildman–Crippen LogP) is 2.76. The van der Waals surface area contributed by atoms with Gasteiger partial charge in [-0.2, -0.15) is 5.10 Å². The summed E-state index contributed by atoms with van der Waals surface area (Å²) in [7, 11) is 1.94. The molecule has 1 saturated heterocycles. The molecule has 1 aromatic heterocycles. The van der Waals surface area contributed by atoms with E-state index >= 15 is 0 Å². The number of aryl methyl sites for hydroxylation is 2. The van der Waals surface area contributed by atoms with Crippen molar-refractivity contribution < 1.29 is 9.90 Å². The molecular formula is C16H27N3O2. The molecule has 1 aliphatic rings. The van der Waals surface area contributed by atoms with Gasteiger partial charge >= 0.3 is 5.97 Å². The predicted molar refractivity (Wildman–Crippen MR) is 82.1 cm³/mol. The molecule has 1 fully saturated rings. The zero-order chi connectivity index (χ0) is 15.6. The highest BCUT2D eigenvalue weighted by Crippen LogP contribution is 2.39. The Morgan fingerprint density at radius 1 is 1.48 bits per heavy atom. The van der Waals surface area contributed by atoms with Crippen LogP contribution in [0.4, 0.5) is 0 Å². The Labute approximate surface area is 126 Å². The van der Waals surface area contributed by atoms with Crippen LogP contribution in [0.25, 0.3) is 0 Å². The molecule has 118 valence electrons. The van der Waals surface area contributed by atoms with Gasteiger partial charge in [-0.1, -0.05) is 13.3 Å².